The third-order valence-corrected chi connectivity index (χ3v) is 2.84. The van der Waals surface area contributed by atoms with Crippen LogP contribution in [0.4, 0.5) is 0 Å². The molecule has 1 unspecified atom stereocenters. The fourth-order valence-electron chi connectivity index (χ4n) is 1.81. The van der Waals surface area contributed by atoms with Gasteiger partial charge in [0.2, 0.25) is 0 Å². The Morgan fingerprint density at radius 1 is 1.31 bits per heavy atom. The molecule has 1 fully saturated rings. The van der Waals surface area contributed by atoms with Gasteiger partial charge in [0, 0.05) is 38.8 Å². The van der Waals surface area contributed by atoms with Gasteiger partial charge in [-0.25, -0.2) is 0 Å². The van der Waals surface area contributed by atoms with Crippen molar-refractivity contribution in [3.8, 4) is 0 Å². The largest absolute Gasteiger partial charge is 0.315 e. The van der Waals surface area contributed by atoms with Crippen molar-refractivity contribution in [2.24, 2.45) is 5.92 Å². The maximum absolute atomic E-state index is 3.39. The predicted octanol–water partition coefficient (Wildman–Crippen LogP) is 0.136. The minimum Gasteiger partial charge on any atom is -0.315 e. The summed E-state index contributed by atoms with van der Waals surface area (Å²) in [7, 11) is 2.06. The lowest BCUT2D eigenvalue weighted by Gasteiger charge is -2.32. The highest BCUT2D eigenvalue weighted by atomic mass is 15.2. The lowest BCUT2D eigenvalue weighted by Crippen LogP contribution is -2.49. The zero-order valence-corrected chi connectivity index (χ0v) is 9.14. The first-order valence-corrected chi connectivity index (χ1v) is 5.34. The topological polar surface area (TPSA) is 27.3 Å². The molecular weight excluding hydrogens is 162 g/mol. The van der Waals surface area contributed by atoms with E-state index in [2.05, 4.69) is 36.4 Å². The van der Waals surface area contributed by atoms with Crippen LogP contribution < -0.4 is 10.6 Å². The summed E-state index contributed by atoms with van der Waals surface area (Å²) in [5, 5.41) is 6.76. The molecule has 0 aromatic rings. The smallest absolute Gasteiger partial charge is 0.0214 e. The lowest BCUT2D eigenvalue weighted by atomic mass is 10.0. The third-order valence-electron chi connectivity index (χ3n) is 2.84. The highest BCUT2D eigenvalue weighted by Gasteiger charge is 2.16. The van der Waals surface area contributed by atoms with E-state index >= 15 is 0 Å². The number of nitrogens with zero attached hydrogens (tertiary/aromatic N) is 1. The molecule has 1 rings (SSSR count). The van der Waals surface area contributed by atoms with Gasteiger partial charge in [-0.05, 0) is 13.0 Å². The highest BCUT2D eigenvalue weighted by molar-refractivity contribution is 4.76. The Morgan fingerprint density at radius 2 is 1.92 bits per heavy atom. The van der Waals surface area contributed by atoms with Crippen molar-refractivity contribution in [3.63, 3.8) is 0 Å². The fourth-order valence-corrected chi connectivity index (χ4v) is 1.81. The van der Waals surface area contributed by atoms with Crippen LogP contribution in [0.25, 0.3) is 0 Å². The van der Waals surface area contributed by atoms with E-state index < -0.39 is 0 Å². The van der Waals surface area contributed by atoms with E-state index in [1.165, 1.54) is 19.6 Å². The van der Waals surface area contributed by atoms with Crippen molar-refractivity contribution < 1.29 is 0 Å². The van der Waals surface area contributed by atoms with Crippen LogP contribution in [-0.4, -0.2) is 50.7 Å². The molecule has 1 saturated heterocycles. The second kappa shape index (κ2) is 5.58. The molecule has 3 nitrogen and oxygen atoms in total. The first kappa shape index (κ1) is 11.0. The molecule has 2 N–H and O–H groups in total. The first-order chi connectivity index (χ1) is 6.24. The molecule has 0 saturated carbocycles. The van der Waals surface area contributed by atoms with Crippen molar-refractivity contribution in [2.75, 3.05) is 39.8 Å². The lowest BCUT2D eigenvalue weighted by molar-refractivity contribution is 0.201. The summed E-state index contributed by atoms with van der Waals surface area (Å²) in [6, 6.07) is 0.637. The predicted molar refractivity (Wildman–Crippen MR) is 57.0 cm³/mol. The summed E-state index contributed by atoms with van der Waals surface area (Å²) in [5.41, 5.74) is 0. The number of likely N-dealkylation sites (N-methyl/N-ethyl adjacent to an activating group) is 1. The normalized spacial score (nSPS) is 22.2. The Labute approximate surface area is 81.9 Å². The first-order valence-electron chi connectivity index (χ1n) is 5.34. The molecule has 0 spiro atoms. The molecule has 0 radical (unpaired) electrons. The quantitative estimate of drug-likeness (QED) is 0.652. The third kappa shape index (κ3) is 3.63. The van der Waals surface area contributed by atoms with Gasteiger partial charge in [-0.15, -0.1) is 0 Å². The van der Waals surface area contributed by atoms with Gasteiger partial charge in [0.25, 0.3) is 0 Å². The summed E-state index contributed by atoms with van der Waals surface area (Å²) >= 11 is 0. The molecule has 1 heterocycles. The fraction of sp³-hybridized carbons (Fsp3) is 1.00. The monoisotopic (exact) mass is 185 g/mol. The van der Waals surface area contributed by atoms with Crippen molar-refractivity contribution in [1.82, 2.24) is 15.5 Å². The van der Waals surface area contributed by atoms with Gasteiger partial charge in [-0.1, -0.05) is 13.8 Å². The summed E-state index contributed by atoms with van der Waals surface area (Å²) in [4.78, 5) is 2.54. The molecule has 0 aromatic heterocycles. The Bertz CT molecular complexity index is 130. The van der Waals surface area contributed by atoms with E-state index in [0.29, 0.717) is 6.04 Å². The SMILES string of the molecule is CNC(CN1CCNCC1)C(C)C. The molecule has 78 valence electrons. The standard InChI is InChI=1S/C10H23N3/c1-9(2)10(11-3)8-13-6-4-12-5-7-13/h9-12H,4-8H2,1-3H3. The molecular formula is C10H23N3. The molecule has 3 heteroatoms. The maximum Gasteiger partial charge on any atom is 0.0214 e. The van der Waals surface area contributed by atoms with E-state index in [-0.39, 0.29) is 0 Å². The van der Waals surface area contributed by atoms with Gasteiger partial charge in [0.05, 0.1) is 0 Å². The summed E-state index contributed by atoms with van der Waals surface area (Å²) in [5.74, 6) is 0.722. The molecule has 1 aliphatic rings. The van der Waals surface area contributed by atoms with Gasteiger partial charge in [0.1, 0.15) is 0 Å². The molecule has 0 bridgehead atoms. The maximum atomic E-state index is 3.39. The minimum atomic E-state index is 0.637. The number of hydrogen-bond donors (Lipinski definition) is 2. The van der Waals surface area contributed by atoms with Crippen LogP contribution in [0, 0.1) is 5.92 Å². The van der Waals surface area contributed by atoms with E-state index in [0.717, 1.165) is 19.0 Å². The number of piperazine rings is 1. The van der Waals surface area contributed by atoms with Crippen LogP contribution in [0.1, 0.15) is 13.8 Å². The summed E-state index contributed by atoms with van der Waals surface area (Å²) in [6.45, 7) is 10.4. The molecule has 1 aliphatic heterocycles. The van der Waals surface area contributed by atoms with E-state index in [1.54, 1.807) is 0 Å². The van der Waals surface area contributed by atoms with E-state index in [4.69, 9.17) is 0 Å². The minimum absolute atomic E-state index is 0.637. The summed E-state index contributed by atoms with van der Waals surface area (Å²) in [6.07, 6.45) is 0. The van der Waals surface area contributed by atoms with Crippen molar-refractivity contribution in [1.29, 1.82) is 0 Å². The van der Waals surface area contributed by atoms with Crippen molar-refractivity contribution >= 4 is 0 Å². The molecule has 1 atom stereocenters. The number of nitrogens with one attached hydrogen (secondary N) is 2. The van der Waals surface area contributed by atoms with Crippen LogP contribution in [0.2, 0.25) is 0 Å². The van der Waals surface area contributed by atoms with Crippen LogP contribution in [0.15, 0.2) is 0 Å². The van der Waals surface area contributed by atoms with Gasteiger partial charge in [-0.2, -0.15) is 0 Å². The van der Waals surface area contributed by atoms with Gasteiger partial charge in [-0.3, -0.25) is 4.90 Å². The Hall–Kier alpha value is -0.120. The zero-order valence-electron chi connectivity index (χ0n) is 9.14. The second-order valence-electron chi connectivity index (χ2n) is 4.19. The van der Waals surface area contributed by atoms with Crippen LogP contribution >= 0.6 is 0 Å². The number of hydrogen-bond acceptors (Lipinski definition) is 3. The average molecular weight is 185 g/mol. The zero-order chi connectivity index (χ0) is 9.68. The van der Waals surface area contributed by atoms with Crippen molar-refractivity contribution in [3.05, 3.63) is 0 Å². The van der Waals surface area contributed by atoms with Crippen LogP contribution in [0.3, 0.4) is 0 Å². The van der Waals surface area contributed by atoms with Crippen molar-refractivity contribution in [2.45, 2.75) is 19.9 Å². The molecule has 13 heavy (non-hydrogen) atoms. The second-order valence-corrected chi connectivity index (χ2v) is 4.19. The Balaban J connectivity index is 2.27. The Kier molecular flexibility index (Phi) is 4.70. The van der Waals surface area contributed by atoms with E-state index in [1.807, 2.05) is 0 Å². The van der Waals surface area contributed by atoms with Crippen LogP contribution in [0.5, 0.6) is 0 Å². The van der Waals surface area contributed by atoms with Gasteiger partial charge in [0.15, 0.2) is 0 Å². The summed E-state index contributed by atoms with van der Waals surface area (Å²) < 4.78 is 0. The van der Waals surface area contributed by atoms with E-state index in [9.17, 15) is 0 Å². The molecule has 0 aromatic carbocycles. The molecule has 0 aliphatic carbocycles. The van der Waals surface area contributed by atoms with Crippen LogP contribution in [-0.2, 0) is 0 Å². The molecule has 0 amide bonds. The van der Waals surface area contributed by atoms with Gasteiger partial charge < -0.3 is 10.6 Å². The van der Waals surface area contributed by atoms with Gasteiger partial charge >= 0.3 is 0 Å². The number of rotatable bonds is 4. The average Bonchev–Trinajstić information content (AvgIpc) is 2.15. The highest BCUT2D eigenvalue weighted by Crippen LogP contribution is 2.04. The Morgan fingerprint density at radius 3 is 2.38 bits per heavy atom.